The van der Waals surface area contributed by atoms with Crippen LogP contribution in [0.5, 0.6) is 5.75 Å². The fourth-order valence-electron chi connectivity index (χ4n) is 1.83. The summed E-state index contributed by atoms with van der Waals surface area (Å²) in [5, 5.41) is 1.85. The van der Waals surface area contributed by atoms with Gasteiger partial charge in [0.1, 0.15) is 12.4 Å². The highest BCUT2D eigenvalue weighted by molar-refractivity contribution is 9.10. The van der Waals surface area contributed by atoms with E-state index >= 15 is 0 Å². The van der Waals surface area contributed by atoms with Crippen molar-refractivity contribution in [2.75, 3.05) is 6.54 Å². The highest BCUT2D eigenvalue weighted by Gasteiger charge is 2.34. The summed E-state index contributed by atoms with van der Waals surface area (Å²) in [6.07, 6.45) is -4.04. The Bertz CT molecular complexity index is 613. The molecule has 2 nitrogen and oxygen atoms in total. The summed E-state index contributed by atoms with van der Waals surface area (Å²) in [4.78, 5) is 0.848. The first-order chi connectivity index (χ1) is 9.90. The molecule has 7 heteroatoms. The number of benzene rings is 1. The Hall–Kier alpha value is -1.05. The molecule has 0 amide bonds. The molecular formula is C14H13BrF3NOS. The molecule has 0 aliphatic carbocycles. The minimum absolute atomic E-state index is 0.107. The second kappa shape index (κ2) is 6.81. The first-order valence-electron chi connectivity index (χ1n) is 6.16. The van der Waals surface area contributed by atoms with Crippen molar-refractivity contribution >= 4 is 27.3 Å². The van der Waals surface area contributed by atoms with E-state index < -0.39 is 11.7 Å². The summed E-state index contributed by atoms with van der Waals surface area (Å²) < 4.78 is 45.5. The minimum atomic E-state index is -4.45. The Morgan fingerprint density at radius 1 is 1.24 bits per heavy atom. The maximum Gasteiger partial charge on any atom is 0.419 e. The molecule has 0 radical (unpaired) electrons. The molecule has 0 aliphatic heterocycles. The Morgan fingerprint density at radius 2 is 2.00 bits per heavy atom. The average Bonchev–Trinajstić information content (AvgIpc) is 2.82. The van der Waals surface area contributed by atoms with Crippen molar-refractivity contribution in [1.82, 2.24) is 0 Å². The van der Waals surface area contributed by atoms with Crippen LogP contribution in [0.15, 0.2) is 34.1 Å². The van der Waals surface area contributed by atoms with Gasteiger partial charge in [0.15, 0.2) is 0 Å². The number of halogens is 4. The Morgan fingerprint density at radius 3 is 2.57 bits per heavy atom. The zero-order valence-corrected chi connectivity index (χ0v) is 13.3. The molecule has 0 fully saturated rings. The summed E-state index contributed by atoms with van der Waals surface area (Å²) >= 11 is 4.72. The van der Waals surface area contributed by atoms with Gasteiger partial charge >= 0.3 is 6.18 Å². The van der Waals surface area contributed by atoms with Crippen molar-refractivity contribution < 1.29 is 17.9 Å². The van der Waals surface area contributed by atoms with Gasteiger partial charge in [0, 0.05) is 14.7 Å². The number of rotatable bonds is 5. The number of ether oxygens (including phenoxy) is 1. The molecule has 114 valence electrons. The quantitative estimate of drug-likeness (QED) is 0.822. The van der Waals surface area contributed by atoms with E-state index in [0.29, 0.717) is 18.5 Å². The molecule has 2 rings (SSSR count). The number of hydrogen-bond acceptors (Lipinski definition) is 3. The lowest BCUT2D eigenvalue weighted by Crippen LogP contribution is -2.10. The third kappa shape index (κ3) is 4.46. The molecule has 1 aromatic heterocycles. The molecule has 0 saturated carbocycles. The second-order valence-corrected chi connectivity index (χ2v) is 6.30. The molecule has 2 aromatic rings. The zero-order chi connectivity index (χ0) is 15.5. The molecular weight excluding hydrogens is 367 g/mol. The van der Waals surface area contributed by atoms with Crippen LogP contribution in [0.4, 0.5) is 13.2 Å². The maximum absolute atomic E-state index is 13.1. The molecule has 0 atom stereocenters. The van der Waals surface area contributed by atoms with Gasteiger partial charge in [-0.05, 0) is 52.7 Å². The summed E-state index contributed by atoms with van der Waals surface area (Å²) in [5.74, 6) is -0.159. The summed E-state index contributed by atoms with van der Waals surface area (Å²) in [6.45, 7) is 0.413. The summed E-state index contributed by atoms with van der Waals surface area (Å²) in [6, 6.07) is 5.89. The van der Waals surface area contributed by atoms with Gasteiger partial charge in [0.05, 0.1) is 5.56 Å². The van der Waals surface area contributed by atoms with Gasteiger partial charge in [0.2, 0.25) is 0 Å². The van der Waals surface area contributed by atoms with E-state index in [1.54, 1.807) is 6.07 Å². The SMILES string of the molecule is NCCc1ccc(OCc2cc(Br)cs2)c(C(F)(F)F)c1. The van der Waals surface area contributed by atoms with Crippen LogP contribution in [0.25, 0.3) is 0 Å². The van der Waals surface area contributed by atoms with Gasteiger partial charge in [-0.3, -0.25) is 0 Å². The van der Waals surface area contributed by atoms with Crippen LogP contribution >= 0.6 is 27.3 Å². The third-order valence-electron chi connectivity index (χ3n) is 2.77. The smallest absolute Gasteiger partial charge is 0.419 e. The molecule has 1 heterocycles. The predicted octanol–water partition coefficient (Wildman–Crippen LogP) is 4.61. The van der Waals surface area contributed by atoms with Crippen LogP contribution in [0.1, 0.15) is 16.0 Å². The normalized spacial score (nSPS) is 11.7. The van der Waals surface area contributed by atoms with Gasteiger partial charge in [-0.1, -0.05) is 6.07 Å². The second-order valence-electron chi connectivity index (χ2n) is 4.39. The van der Waals surface area contributed by atoms with Gasteiger partial charge < -0.3 is 10.5 Å². The van der Waals surface area contributed by atoms with Crippen molar-refractivity contribution in [3.8, 4) is 5.75 Å². The van der Waals surface area contributed by atoms with Crippen molar-refractivity contribution in [1.29, 1.82) is 0 Å². The van der Waals surface area contributed by atoms with Gasteiger partial charge in [0.25, 0.3) is 0 Å². The fourth-order valence-corrected chi connectivity index (χ4v) is 3.19. The predicted molar refractivity (Wildman–Crippen MR) is 80.6 cm³/mol. The fraction of sp³-hybridized carbons (Fsp3) is 0.286. The van der Waals surface area contributed by atoms with E-state index in [1.807, 2.05) is 11.4 Å². The Kier molecular flexibility index (Phi) is 5.29. The maximum atomic E-state index is 13.1. The van der Waals surface area contributed by atoms with E-state index in [1.165, 1.54) is 17.4 Å². The number of hydrogen-bond donors (Lipinski definition) is 1. The van der Waals surface area contributed by atoms with E-state index in [-0.39, 0.29) is 12.4 Å². The molecule has 0 spiro atoms. The highest BCUT2D eigenvalue weighted by Crippen LogP contribution is 2.37. The van der Waals surface area contributed by atoms with Crippen LogP contribution in [0, 0.1) is 0 Å². The molecule has 21 heavy (non-hydrogen) atoms. The first kappa shape index (κ1) is 16.3. The first-order valence-corrected chi connectivity index (χ1v) is 7.83. The molecule has 0 bridgehead atoms. The van der Waals surface area contributed by atoms with Crippen LogP contribution in [-0.2, 0) is 19.2 Å². The zero-order valence-electron chi connectivity index (χ0n) is 10.9. The van der Waals surface area contributed by atoms with E-state index in [4.69, 9.17) is 10.5 Å². The average molecular weight is 380 g/mol. The Balaban J connectivity index is 2.21. The molecule has 1 aromatic carbocycles. The lowest BCUT2D eigenvalue weighted by molar-refractivity contribution is -0.139. The third-order valence-corrected chi connectivity index (χ3v) is 4.45. The topological polar surface area (TPSA) is 35.2 Å². The number of alkyl halides is 3. The molecule has 0 aliphatic rings. The number of thiophene rings is 1. The standard InChI is InChI=1S/C14H13BrF3NOS/c15-10-6-11(21-8-10)7-20-13-2-1-9(3-4-19)5-12(13)14(16,17)18/h1-2,5-6,8H,3-4,7,19H2. The van der Waals surface area contributed by atoms with Gasteiger partial charge in [-0.25, -0.2) is 0 Å². The van der Waals surface area contributed by atoms with Crippen molar-refractivity contribution in [3.05, 3.63) is 50.1 Å². The van der Waals surface area contributed by atoms with E-state index in [0.717, 1.165) is 15.4 Å². The highest BCUT2D eigenvalue weighted by atomic mass is 79.9. The lowest BCUT2D eigenvalue weighted by atomic mass is 10.1. The summed E-state index contributed by atoms with van der Waals surface area (Å²) in [5.41, 5.74) is 5.17. The van der Waals surface area contributed by atoms with Crippen LogP contribution in [0.2, 0.25) is 0 Å². The largest absolute Gasteiger partial charge is 0.487 e. The lowest BCUT2D eigenvalue weighted by Gasteiger charge is -2.15. The van der Waals surface area contributed by atoms with Gasteiger partial charge in [-0.15, -0.1) is 11.3 Å². The van der Waals surface area contributed by atoms with Crippen molar-refractivity contribution in [2.24, 2.45) is 5.73 Å². The summed E-state index contributed by atoms with van der Waals surface area (Å²) in [7, 11) is 0. The monoisotopic (exact) mass is 379 g/mol. The van der Waals surface area contributed by atoms with Crippen LogP contribution < -0.4 is 10.5 Å². The molecule has 2 N–H and O–H groups in total. The van der Waals surface area contributed by atoms with Crippen LogP contribution in [-0.4, -0.2) is 6.54 Å². The van der Waals surface area contributed by atoms with E-state index in [9.17, 15) is 13.2 Å². The van der Waals surface area contributed by atoms with Crippen LogP contribution in [0.3, 0.4) is 0 Å². The number of nitrogens with two attached hydrogens (primary N) is 1. The van der Waals surface area contributed by atoms with Crippen molar-refractivity contribution in [3.63, 3.8) is 0 Å². The van der Waals surface area contributed by atoms with E-state index in [2.05, 4.69) is 15.9 Å². The molecule has 0 unspecified atom stereocenters. The Labute approximate surface area is 132 Å². The van der Waals surface area contributed by atoms with Gasteiger partial charge in [-0.2, -0.15) is 13.2 Å². The minimum Gasteiger partial charge on any atom is -0.487 e. The molecule has 0 saturated heterocycles. The van der Waals surface area contributed by atoms with Crippen molar-refractivity contribution in [2.45, 2.75) is 19.2 Å².